The highest BCUT2D eigenvalue weighted by Crippen LogP contribution is 2.34. The van der Waals surface area contributed by atoms with Crippen molar-refractivity contribution in [2.45, 2.75) is 39.0 Å². The van der Waals surface area contributed by atoms with Crippen LogP contribution in [0.3, 0.4) is 0 Å². The Hall–Kier alpha value is -1.58. The molecule has 1 saturated carbocycles. The van der Waals surface area contributed by atoms with E-state index in [4.69, 9.17) is 0 Å². The van der Waals surface area contributed by atoms with Crippen LogP contribution in [0, 0.1) is 5.92 Å². The quantitative estimate of drug-likeness (QED) is 0.829. The van der Waals surface area contributed by atoms with Crippen LogP contribution in [-0.4, -0.2) is 20.2 Å². The molecule has 4 nitrogen and oxygen atoms in total. The molecule has 2 aromatic rings. The van der Waals surface area contributed by atoms with Crippen LogP contribution in [0.15, 0.2) is 12.4 Å². The predicted octanol–water partition coefficient (Wildman–Crippen LogP) is 2.70. The molecule has 0 amide bonds. The number of hydrogen-bond donors (Lipinski definition) is 2. The topological polar surface area (TPSA) is 57.4 Å². The molecule has 0 saturated heterocycles. The fourth-order valence-electron chi connectivity index (χ4n) is 2.18. The van der Waals surface area contributed by atoms with Crippen LogP contribution >= 0.6 is 0 Å². The highest BCUT2D eigenvalue weighted by Gasteiger charge is 2.24. The maximum Gasteiger partial charge on any atom is 0.140 e. The smallest absolute Gasteiger partial charge is 0.140 e. The van der Waals surface area contributed by atoms with Crippen LogP contribution in [0.25, 0.3) is 11.4 Å². The lowest BCUT2D eigenvalue weighted by Crippen LogP contribution is -1.92. The van der Waals surface area contributed by atoms with Gasteiger partial charge in [0.05, 0.1) is 11.8 Å². The number of H-pyrrole nitrogens is 2. The molecule has 0 unspecified atom stereocenters. The van der Waals surface area contributed by atoms with Gasteiger partial charge in [0.1, 0.15) is 5.82 Å². The lowest BCUT2D eigenvalue weighted by Gasteiger charge is -1.98. The van der Waals surface area contributed by atoms with Gasteiger partial charge in [0, 0.05) is 17.6 Å². The van der Waals surface area contributed by atoms with Crippen molar-refractivity contribution in [1.29, 1.82) is 0 Å². The number of aromatic amines is 2. The number of aromatic nitrogens is 4. The van der Waals surface area contributed by atoms with E-state index in [-0.39, 0.29) is 0 Å². The Morgan fingerprint density at radius 1 is 1.35 bits per heavy atom. The number of rotatable bonds is 5. The van der Waals surface area contributed by atoms with Crippen LogP contribution in [0.2, 0.25) is 0 Å². The van der Waals surface area contributed by atoms with Crippen molar-refractivity contribution in [3.8, 4) is 11.4 Å². The molecule has 0 bridgehead atoms. The number of nitrogens with one attached hydrogen (secondary N) is 2. The van der Waals surface area contributed by atoms with Gasteiger partial charge in [-0.15, -0.1) is 0 Å². The number of hydrogen-bond acceptors (Lipinski definition) is 2. The molecular formula is C13H18N4. The summed E-state index contributed by atoms with van der Waals surface area (Å²) in [5.74, 6) is 1.82. The number of aryl methyl sites for hydroxylation is 1. The molecule has 17 heavy (non-hydrogen) atoms. The highest BCUT2D eigenvalue weighted by atomic mass is 15.1. The van der Waals surface area contributed by atoms with E-state index in [0.29, 0.717) is 0 Å². The van der Waals surface area contributed by atoms with Crippen molar-refractivity contribution in [2.75, 3.05) is 0 Å². The second-order valence-corrected chi connectivity index (χ2v) is 4.92. The summed E-state index contributed by atoms with van der Waals surface area (Å²) in [6.07, 6.45) is 9.85. The molecule has 3 rings (SSSR count). The molecule has 0 aliphatic heterocycles. The Kier molecular flexibility index (Phi) is 2.71. The van der Waals surface area contributed by atoms with Gasteiger partial charge in [-0.05, 0) is 31.6 Å². The number of nitrogens with zero attached hydrogens (tertiary/aromatic N) is 2. The van der Waals surface area contributed by atoms with Gasteiger partial charge in [-0.1, -0.05) is 13.3 Å². The van der Waals surface area contributed by atoms with Crippen LogP contribution in [0.1, 0.15) is 37.6 Å². The van der Waals surface area contributed by atoms with E-state index in [1.54, 1.807) is 0 Å². The molecule has 2 aromatic heterocycles. The maximum absolute atomic E-state index is 4.45. The second kappa shape index (κ2) is 4.35. The number of imidazole rings is 1. The van der Waals surface area contributed by atoms with Crippen molar-refractivity contribution < 1.29 is 0 Å². The van der Waals surface area contributed by atoms with Crippen molar-refractivity contribution in [1.82, 2.24) is 20.2 Å². The Balaban J connectivity index is 1.83. The van der Waals surface area contributed by atoms with Gasteiger partial charge in [-0.3, -0.25) is 5.10 Å². The molecule has 1 aliphatic carbocycles. The van der Waals surface area contributed by atoms with Gasteiger partial charge in [-0.2, -0.15) is 5.10 Å². The zero-order chi connectivity index (χ0) is 11.7. The van der Waals surface area contributed by atoms with E-state index in [9.17, 15) is 0 Å². The molecule has 2 N–H and O–H groups in total. The third-order valence-electron chi connectivity index (χ3n) is 3.31. The van der Waals surface area contributed by atoms with Crippen LogP contribution in [-0.2, 0) is 12.8 Å². The van der Waals surface area contributed by atoms with Crippen molar-refractivity contribution in [3.63, 3.8) is 0 Å². The van der Waals surface area contributed by atoms with E-state index in [2.05, 4.69) is 27.1 Å². The molecule has 1 fully saturated rings. The maximum atomic E-state index is 4.45. The fourth-order valence-corrected chi connectivity index (χ4v) is 2.18. The zero-order valence-corrected chi connectivity index (χ0v) is 10.2. The molecular weight excluding hydrogens is 212 g/mol. The van der Waals surface area contributed by atoms with Gasteiger partial charge in [0.2, 0.25) is 0 Å². The summed E-state index contributed by atoms with van der Waals surface area (Å²) in [5.41, 5.74) is 3.57. The minimum atomic E-state index is 0.860. The summed E-state index contributed by atoms with van der Waals surface area (Å²) >= 11 is 0. The summed E-state index contributed by atoms with van der Waals surface area (Å²) in [7, 11) is 0. The molecule has 0 radical (unpaired) electrons. The second-order valence-electron chi connectivity index (χ2n) is 4.92. The first-order valence-electron chi connectivity index (χ1n) is 6.43. The standard InChI is InChI=1S/C13H18N4/c1-2-3-10-7-14-13(16-10)11-8-15-17-12(11)6-9-4-5-9/h7-9H,2-6H2,1H3,(H,14,16)(H,15,17). The zero-order valence-electron chi connectivity index (χ0n) is 10.2. The van der Waals surface area contributed by atoms with Gasteiger partial charge in [0.25, 0.3) is 0 Å². The SMILES string of the molecule is CCCc1cnc(-c2cn[nH]c2CC2CC2)[nH]1. The minimum absolute atomic E-state index is 0.860. The van der Waals surface area contributed by atoms with Crippen LogP contribution < -0.4 is 0 Å². The van der Waals surface area contributed by atoms with E-state index in [1.807, 2.05) is 12.4 Å². The Bertz CT molecular complexity index is 493. The highest BCUT2D eigenvalue weighted by molar-refractivity contribution is 5.57. The molecule has 0 spiro atoms. The average molecular weight is 230 g/mol. The summed E-state index contributed by atoms with van der Waals surface area (Å²) in [4.78, 5) is 7.83. The van der Waals surface area contributed by atoms with Gasteiger partial charge in [0.15, 0.2) is 0 Å². The lowest BCUT2D eigenvalue weighted by atomic mass is 10.1. The van der Waals surface area contributed by atoms with E-state index in [0.717, 1.165) is 36.6 Å². The summed E-state index contributed by atoms with van der Waals surface area (Å²) in [5, 5.41) is 7.26. The Labute approximate surface area is 101 Å². The monoisotopic (exact) mass is 230 g/mol. The van der Waals surface area contributed by atoms with Crippen LogP contribution in [0.5, 0.6) is 0 Å². The largest absolute Gasteiger partial charge is 0.342 e. The third-order valence-corrected chi connectivity index (χ3v) is 3.31. The molecule has 4 heteroatoms. The summed E-state index contributed by atoms with van der Waals surface area (Å²) in [6.45, 7) is 2.18. The molecule has 2 heterocycles. The summed E-state index contributed by atoms with van der Waals surface area (Å²) < 4.78 is 0. The van der Waals surface area contributed by atoms with Crippen molar-refractivity contribution in [3.05, 3.63) is 23.8 Å². The van der Waals surface area contributed by atoms with E-state index in [1.165, 1.54) is 24.2 Å². The molecule has 90 valence electrons. The van der Waals surface area contributed by atoms with Gasteiger partial charge >= 0.3 is 0 Å². The summed E-state index contributed by atoms with van der Waals surface area (Å²) in [6, 6.07) is 0. The van der Waals surface area contributed by atoms with Crippen molar-refractivity contribution >= 4 is 0 Å². The van der Waals surface area contributed by atoms with Gasteiger partial charge < -0.3 is 4.98 Å². The average Bonchev–Trinajstić information content (AvgIpc) is 2.83. The fraction of sp³-hybridized carbons (Fsp3) is 0.538. The molecule has 0 aromatic carbocycles. The van der Waals surface area contributed by atoms with E-state index < -0.39 is 0 Å². The lowest BCUT2D eigenvalue weighted by molar-refractivity contribution is 0.797. The Morgan fingerprint density at radius 3 is 3.00 bits per heavy atom. The van der Waals surface area contributed by atoms with Gasteiger partial charge in [-0.25, -0.2) is 4.98 Å². The van der Waals surface area contributed by atoms with Crippen molar-refractivity contribution in [2.24, 2.45) is 5.92 Å². The minimum Gasteiger partial charge on any atom is -0.342 e. The molecule has 0 atom stereocenters. The predicted molar refractivity (Wildman–Crippen MR) is 66.6 cm³/mol. The van der Waals surface area contributed by atoms with E-state index >= 15 is 0 Å². The first-order valence-corrected chi connectivity index (χ1v) is 6.43. The normalized spacial score (nSPS) is 15.4. The first kappa shape index (κ1) is 10.6. The third kappa shape index (κ3) is 2.25. The Morgan fingerprint density at radius 2 is 2.24 bits per heavy atom. The molecule has 1 aliphatic rings. The first-order chi connectivity index (χ1) is 8.36. The van der Waals surface area contributed by atoms with Crippen LogP contribution in [0.4, 0.5) is 0 Å².